The van der Waals surface area contributed by atoms with E-state index in [1.165, 1.54) is 0 Å². The van der Waals surface area contributed by atoms with E-state index in [1.54, 1.807) is 18.2 Å². The average molecular weight is 437 g/mol. The van der Waals surface area contributed by atoms with Gasteiger partial charge in [0, 0.05) is 5.92 Å². The van der Waals surface area contributed by atoms with Crippen LogP contribution in [-0.2, 0) is 25.3 Å². The Kier molecular flexibility index (Phi) is 5.76. The van der Waals surface area contributed by atoms with Crippen LogP contribution >= 0.6 is 0 Å². The van der Waals surface area contributed by atoms with Crippen LogP contribution in [0, 0.1) is 12.8 Å². The van der Waals surface area contributed by atoms with E-state index in [0.717, 1.165) is 22.2 Å². The van der Waals surface area contributed by atoms with Gasteiger partial charge < -0.3 is 24.9 Å². The van der Waals surface area contributed by atoms with Crippen molar-refractivity contribution in [1.82, 2.24) is 0 Å². The fraction of sp³-hybridized carbons (Fsp3) is 0.480. The molecule has 0 amide bonds. The van der Waals surface area contributed by atoms with E-state index in [-0.39, 0.29) is 23.6 Å². The second-order valence-corrected chi connectivity index (χ2v) is 10.1. The summed E-state index contributed by atoms with van der Waals surface area (Å²) in [5.74, 6) is -0.313. The molecule has 3 N–H and O–H groups in total. The number of aromatic hydroxyl groups is 1. The van der Waals surface area contributed by atoms with Crippen molar-refractivity contribution < 1.29 is 23.9 Å². The predicted molar refractivity (Wildman–Crippen MR) is 125 cm³/mol. The molecule has 7 heteroatoms. The second-order valence-electron chi connectivity index (χ2n) is 10.1. The van der Waals surface area contributed by atoms with Gasteiger partial charge in [-0.05, 0) is 76.2 Å². The Bertz CT molecular complexity index is 1020. The van der Waals surface area contributed by atoms with Crippen molar-refractivity contribution in [2.45, 2.75) is 64.6 Å². The Hall–Kier alpha value is -2.51. The number of hydrogen-bond donors (Lipinski definition) is 2. The number of carbonyl (C=O) groups is 1. The Morgan fingerprint density at radius 2 is 1.78 bits per heavy atom. The molecule has 2 aliphatic heterocycles. The number of aryl methyl sites for hydroxylation is 1. The van der Waals surface area contributed by atoms with Gasteiger partial charge in [-0.15, -0.1) is 0 Å². The van der Waals surface area contributed by atoms with Crippen LogP contribution in [0.25, 0.3) is 0 Å². The number of cyclic esters (lactones) is 1. The third-order valence-corrected chi connectivity index (χ3v) is 7.19. The van der Waals surface area contributed by atoms with Gasteiger partial charge >= 0.3 is 13.1 Å². The zero-order valence-electron chi connectivity index (χ0n) is 19.5. The van der Waals surface area contributed by atoms with Crippen LogP contribution in [0.5, 0.6) is 5.75 Å². The molecular formula is C25H32BNO5. The van der Waals surface area contributed by atoms with Crippen LogP contribution in [-0.4, -0.2) is 36.0 Å². The van der Waals surface area contributed by atoms with E-state index in [4.69, 9.17) is 19.8 Å². The number of carbonyl (C=O) groups excluding carboxylic acids is 1. The molecule has 2 aromatic carbocycles. The summed E-state index contributed by atoms with van der Waals surface area (Å²) in [7, 11) is -0.429. The minimum atomic E-state index is -0.429. The third-order valence-electron chi connectivity index (χ3n) is 7.19. The van der Waals surface area contributed by atoms with E-state index in [2.05, 4.69) is 25.1 Å². The van der Waals surface area contributed by atoms with Crippen molar-refractivity contribution in [1.29, 1.82) is 0 Å². The second kappa shape index (κ2) is 8.12. The van der Waals surface area contributed by atoms with E-state index in [0.29, 0.717) is 25.1 Å². The van der Waals surface area contributed by atoms with Crippen LogP contribution in [0.3, 0.4) is 0 Å². The summed E-state index contributed by atoms with van der Waals surface area (Å²) in [4.78, 5) is 12.5. The third kappa shape index (κ3) is 4.24. The number of benzene rings is 2. The van der Waals surface area contributed by atoms with Gasteiger partial charge in [0.05, 0.1) is 29.4 Å². The quantitative estimate of drug-likeness (QED) is 0.330. The van der Waals surface area contributed by atoms with Gasteiger partial charge in [-0.1, -0.05) is 29.8 Å². The molecule has 170 valence electrons. The summed E-state index contributed by atoms with van der Waals surface area (Å²) in [6, 6.07) is 11.4. The standard InChI is InChI=1S/C25H32BNO5/c1-15-6-8-17(13-20(15)26-31-24(2,3)25(4,5)32-26)19-12-18(23(29)30-14-19)10-16-7-9-22(28)21(27)11-16/h6-9,11,13,18-19,28H,10,12,14,27H2,1-5H3. The zero-order valence-corrected chi connectivity index (χ0v) is 19.5. The molecule has 2 heterocycles. The molecule has 2 aromatic rings. The zero-order chi connectivity index (χ0) is 23.3. The lowest BCUT2D eigenvalue weighted by Crippen LogP contribution is -2.41. The maximum atomic E-state index is 12.5. The molecule has 2 saturated heterocycles. The molecule has 0 aromatic heterocycles. The van der Waals surface area contributed by atoms with Gasteiger partial charge in [0.1, 0.15) is 5.75 Å². The number of esters is 1. The van der Waals surface area contributed by atoms with E-state index in [1.807, 2.05) is 27.7 Å². The predicted octanol–water partition coefficient (Wildman–Crippen LogP) is 3.47. The smallest absolute Gasteiger partial charge is 0.495 e. The highest BCUT2D eigenvalue weighted by Gasteiger charge is 2.52. The summed E-state index contributed by atoms with van der Waals surface area (Å²) in [6.07, 6.45) is 1.21. The van der Waals surface area contributed by atoms with E-state index < -0.39 is 18.3 Å². The number of phenols is 1. The highest BCUT2D eigenvalue weighted by Crippen LogP contribution is 2.37. The first-order valence-corrected chi connectivity index (χ1v) is 11.2. The Morgan fingerprint density at radius 3 is 2.44 bits per heavy atom. The molecule has 0 bridgehead atoms. The summed E-state index contributed by atoms with van der Waals surface area (Å²) >= 11 is 0. The van der Waals surface area contributed by atoms with Crippen molar-refractivity contribution >= 4 is 24.2 Å². The van der Waals surface area contributed by atoms with Gasteiger partial charge in [-0.2, -0.15) is 0 Å². The molecule has 32 heavy (non-hydrogen) atoms. The first kappa shape index (κ1) is 22.7. The number of rotatable bonds is 4. The van der Waals surface area contributed by atoms with E-state index in [9.17, 15) is 9.90 Å². The molecule has 0 aliphatic carbocycles. The number of ether oxygens (including phenoxy) is 1. The topological polar surface area (TPSA) is 91.0 Å². The Labute approximate surface area is 190 Å². The summed E-state index contributed by atoms with van der Waals surface area (Å²) < 4.78 is 18.1. The largest absolute Gasteiger partial charge is 0.506 e. The molecule has 4 rings (SSSR count). The lowest BCUT2D eigenvalue weighted by molar-refractivity contribution is -0.154. The Morgan fingerprint density at radius 1 is 1.09 bits per heavy atom. The molecule has 0 spiro atoms. The first-order valence-electron chi connectivity index (χ1n) is 11.2. The minimum Gasteiger partial charge on any atom is -0.506 e. The molecule has 0 saturated carbocycles. The van der Waals surface area contributed by atoms with Gasteiger partial charge in [-0.25, -0.2) is 0 Å². The molecular weight excluding hydrogens is 405 g/mol. The maximum Gasteiger partial charge on any atom is 0.495 e. The van der Waals surface area contributed by atoms with Gasteiger partial charge in [-0.3, -0.25) is 4.79 Å². The molecule has 2 unspecified atom stereocenters. The number of nitrogen functional groups attached to an aromatic ring is 1. The van der Waals surface area contributed by atoms with Gasteiger partial charge in [0.2, 0.25) is 0 Å². The minimum absolute atomic E-state index is 0.0488. The van der Waals surface area contributed by atoms with Crippen LogP contribution in [0.1, 0.15) is 56.7 Å². The van der Waals surface area contributed by atoms with Crippen molar-refractivity contribution in [2.75, 3.05) is 12.3 Å². The van der Waals surface area contributed by atoms with Crippen LogP contribution < -0.4 is 11.2 Å². The molecule has 2 atom stereocenters. The van der Waals surface area contributed by atoms with Gasteiger partial charge in [0.25, 0.3) is 0 Å². The van der Waals surface area contributed by atoms with Crippen molar-refractivity contribution in [3.63, 3.8) is 0 Å². The van der Waals surface area contributed by atoms with Crippen molar-refractivity contribution in [3.05, 3.63) is 53.1 Å². The summed E-state index contributed by atoms with van der Waals surface area (Å²) in [6.45, 7) is 10.6. The summed E-state index contributed by atoms with van der Waals surface area (Å²) in [5, 5.41) is 9.66. The number of nitrogens with two attached hydrogens (primary N) is 1. The lowest BCUT2D eigenvalue weighted by Gasteiger charge is -2.32. The van der Waals surface area contributed by atoms with Crippen molar-refractivity contribution in [3.8, 4) is 5.75 Å². The number of phenolic OH excluding ortho intramolecular Hbond substituents is 1. The van der Waals surface area contributed by atoms with E-state index >= 15 is 0 Å². The first-order chi connectivity index (χ1) is 15.0. The van der Waals surface area contributed by atoms with Crippen LogP contribution in [0.4, 0.5) is 5.69 Å². The monoisotopic (exact) mass is 437 g/mol. The van der Waals surface area contributed by atoms with Crippen LogP contribution in [0.2, 0.25) is 0 Å². The average Bonchev–Trinajstić information content (AvgIpc) is 2.94. The normalized spacial score (nSPS) is 24.4. The highest BCUT2D eigenvalue weighted by molar-refractivity contribution is 6.62. The lowest BCUT2D eigenvalue weighted by atomic mass is 9.73. The molecule has 0 radical (unpaired) electrons. The molecule has 6 nitrogen and oxygen atoms in total. The van der Waals surface area contributed by atoms with Crippen LogP contribution in [0.15, 0.2) is 36.4 Å². The highest BCUT2D eigenvalue weighted by atomic mass is 16.7. The molecule has 2 aliphatic rings. The number of anilines is 1. The number of hydrogen-bond acceptors (Lipinski definition) is 6. The van der Waals surface area contributed by atoms with Crippen molar-refractivity contribution in [2.24, 2.45) is 5.92 Å². The summed E-state index contributed by atoms with van der Waals surface area (Å²) in [5.41, 5.74) is 9.46. The fourth-order valence-corrected chi connectivity index (χ4v) is 4.36. The Balaban J connectivity index is 1.54. The maximum absolute atomic E-state index is 12.5. The van der Waals surface area contributed by atoms with Gasteiger partial charge in [0.15, 0.2) is 0 Å². The SMILES string of the molecule is Cc1ccc(C2COC(=O)C(Cc3ccc(O)c(N)c3)C2)cc1B1OC(C)(C)C(C)(C)O1. The molecule has 2 fully saturated rings. The fourth-order valence-electron chi connectivity index (χ4n) is 4.36.